The lowest BCUT2D eigenvalue weighted by Gasteiger charge is -2.04. The van der Waals surface area contributed by atoms with Gasteiger partial charge >= 0.3 is 6.16 Å². The first kappa shape index (κ1) is 13.3. The normalized spacial score (nSPS) is 10.5. The molecule has 100 valence electrons. The summed E-state index contributed by atoms with van der Waals surface area (Å²) in [6.45, 7) is 3.52. The summed E-state index contributed by atoms with van der Waals surface area (Å²) in [7, 11) is 0. The number of hydrogen-bond acceptors (Lipinski definition) is 5. The van der Waals surface area contributed by atoms with Crippen molar-refractivity contribution >= 4 is 17.8 Å². The quantitative estimate of drug-likeness (QED) is 0.685. The third-order valence-electron chi connectivity index (χ3n) is 2.62. The van der Waals surface area contributed by atoms with Crippen LogP contribution in [0.25, 0.3) is 5.82 Å². The highest BCUT2D eigenvalue weighted by molar-refractivity contribution is 6.29. The molecule has 0 saturated heterocycles. The van der Waals surface area contributed by atoms with E-state index in [9.17, 15) is 4.79 Å². The Hall–Kier alpha value is -2.15. The van der Waals surface area contributed by atoms with Crippen LogP contribution in [0.4, 0.5) is 4.79 Å². The average Bonchev–Trinajstić information content (AvgIpc) is 2.62. The molecule has 19 heavy (non-hydrogen) atoms. The second-order valence-electron chi connectivity index (χ2n) is 3.81. The van der Waals surface area contributed by atoms with Crippen LogP contribution >= 0.6 is 11.6 Å². The topological polar surface area (TPSA) is 90.1 Å². The van der Waals surface area contributed by atoms with Gasteiger partial charge in [-0.2, -0.15) is 5.10 Å². The third kappa shape index (κ3) is 2.82. The van der Waals surface area contributed by atoms with Gasteiger partial charge in [-0.15, -0.1) is 0 Å². The van der Waals surface area contributed by atoms with Crippen molar-refractivity contribution in [3.8, 4) is 5.82 Å². The molecule has 0 bridgehead atoms. The van der Waals surface area contributed by atoms with Gasteiger partial charge in [-0.3, -0.25) is 0 Å². The molecule has 2 aromatic rings. The van der Waals surface area contributed by atoms with Gasteiger partial charge in [-0.25, -0.2) is 19.4 Å². The minimum atomic E-state index is -1.32. The molecule has 0 aliphatic rings. The minimum Gasteiger partial charge on any atom is -0.450 e. The molecule has 0 aromatic carbocycles. The molecule has 0 unspecified atom stereocenters. The minimum absolute atomic E-state index is 0.0498. The summed E-state index contributed by atoms with van der Waals surface area (Å²) in [5.74, 6) is 0.516. The van der Waals surface area contributed by atoms with Gasteiger partial charge in [0.25, 0.3) is 0 Å². The average molecular weight is 283 g/mol. The van der Waals surface area contributed by atoms with Crippen LogP contribution < -0.4 is 0 Å². The van der Waals surface area contributed by atoms with Crippen molar-refractivity contribution in [3.63, 3.8) is 0 Å². The van der Waals surface area contributed by atoms with Crippen LogP contribution in [-0.4, -0.2) is 31.0 Å². The Bertz CT molecular complexity index is 626. The van der Waals surface area contributed by atoms with Gasteiger partial charge in [0.15, 0.2) is 5.82 Å². The summed E-state index contributed by atoms with van der Waals surface area (Å²) in [6, 6.07) is 1.57. The highest BCUT2D eigenvalue weighted by Crippen LogP contribution is 2.18. The van der Waals surface area contributed by atoms with Crippen molar-refractivity contribution in [2.75, 3.05) is 0 Å². The summed E-state index contributed by atoms with van der Waals surface area (Å²) in [6.07, 6.45) is 0.0123. The predicted octanol–water partition coefficient (Wildman–Crippen LogP) is 2.13. The van der Waals surface area contributed by atoms with Crippen molar-refractivity contribution < 1.29 is 14.6 Å². The zero-order valence-corrected chi connectivity index (χ0v) is 11.0. The molecule has 0 fully saturated rings. The maximum Gasteiger partial charge on any atom is 0.506 e. The van der Waals surface area contributed by atoms with E-state index in [2.05, 4.69) is 19.8 Å². The second-order valence-corrected chi connectivity index (χ2v) is 4.20. The lowest BCUT2D eigenvalue weighted by Crippen LogP contribution is -2.04. The predicted molar refractivity (Wildman–Crippen MR) is 66.5 cm³/mol. The van der Waals surface area contributed by atoms with E-state index in [-0.39, 0.29) is 6.61 Å². The van der Waals surface area contributed by atoms with Crippen molar-refractivity contribution in [2.45, 2.75) is 20.5 Å². The molecule has 0 amide bonds. The molecular weight excluding hydrogens is 272 g/mol. The zero-order valence-electron chi connectivity index (χ0n) is 10.3. The van der Waals surface area contributed by atoms with Gasteiger partial charge in [0.2, 0.25) is 0 Å². The summed E-state index contributed by atoms with van der Waals surface area (Å²) < 4.78 is 6.14. The number of hydrogen-bond donors (Lipinski definition) is 1. The van der Waals surface area contributed by atoms with Crippen molar-refractivity contribution in [1.82, 2.24) is 19.7 Å². The largest absolute Gasteiger partial charge is 0.506 e. The molecule has 2 aromatic heterocycles. The van der Waals surface area contributed by atoms with Gasteiger partial charge in [0.1, 0.15) is 18.1 Å². The molecule has 0 spiro atoms. The monoisotopic (exact) mass is 282 g/mol. The Morgan fingerprint density at radius 3 is 2.84 bits per heavy atom. The van der Waals surface area contributed by atoms with Crippen LogP contribution in [-0.2, 0) is 11.3 Å². The first-order valence-electron chi connectivity index (χ1n) is 5.37. The van der Waals surface area contributed by atoms with E-state index in [1.165, 1.54) is 6.33 Å². The fourth-order valence-corrected chi connectivity index (χ4v) is 1.82. The van der Waals surface area contributed by atoms with Crippen molar-refractivity contribution in [2.24, 2.45) is 0 Å². The number of rotatable bonds is 3. The van der Waals surface area contributed by atoms with Gasteiger partial charge in [-0.05, 0) is 13.8 Å². The number of halogens is 1. The van der Waals surface area contributed by atoms with E-state index in [1.54, 1.807) is 24.6 Å². The fraction of sp³-hybridized carbons (Fsp3) is 0.273. The molecule has 2 rings (SSSR count). The summed E-state index contributed by atoms with van der Waals surface area (Å²) >= 11 is 5.80. The molecule has 0 saturated carbocycles. The lowest BCUT2D eigenvalue weighted by atomic mass is 10.2. The van der Waals surface area contributed by atoms with Crippen LogP contribution in [0.1, 0.15) is 17.0 Å². The molecular formula is C11H11ClN4O3. The van der Waals surface area contributed by atoms with E-state index in [1.807, 2.05) is 0 Å². The van der Waals surface area contributed by atoms with Crippen molar-refractivity contribution in [1.29, 1.82) is 0 Å². The van der Waals surface area contributed by atoms with Crippen LogP contribution in [0.5, 0.6) is 0 Å². The highest BCUT2D eigenvalue weighted by Gasteiger charge is 2.15. The van der Waals surface area contributed by atoms with Crippen molar-refractivity contribution in [3.05, 3.63) is 34.5 Å². The molecule has 0 aliphatic carbocycles. The third-order valence-corrected chi connectivity index (χ3v) is 2.82. The molecule has 0 atom stereocenters. The summed E-state index contributed by atoms with van der Waals surface area (Å²) in [4.78, 5) is 18.3. The van der Waals surface area contributed by atoms with Gasteiger partial charge in [0.05, 0.1) is 5.69 Å². The SMILES string of the molecule is Cc1nn(-c2cc(Cl)ncn2)c(C)c1COC(=O)O. The first-order chi connectivity index (χ1) is 8.99. The number of carboxylic acid groups (broad SMARTS) is 1. The molecule has 2 heterocycles. The summed E-state index contributed by atoms with van der Waals surface area (Å²) in [5.41, 5.74) is 2.12. The zero-order chi connectivity index (χ0) is 14.0. The fourth-order valence-electron chi connectivity index (χ4n) is 1.68. The van der Waals surface area contributed by atoms with Crippen LogP contribution in [0.15, 0.2) is 12.4 Å². The van der Waals surface area contributed by atoms with E-state index in [4.69, 9.17) is 16.7 Å². The smallest absolute Gasteiger partial charge is 0.450 e. The van der Waals surface area contributed by atoms with Gasteiger partial charge < -0.3 is 9.84 Å². The number of nitrogens with zero attached hydrogens (tertiary/aromatic N) is 4. The van der Waals surface area contributed by atoms with E-state index >= 15 is 0 Å². The van der Waals surface area contributed by atoms with E-state index in [0.29, 0.717) is 22.2 Å². The van der Waals surface area contributed by atoms with E-state index in [0.717, 1.165) is 5.69 Å². The van der Waals surface area contributed by atoms with Gasteiger partial charge in [-0.1, -0.05) is 11.6 Å². The Morgan fingerprint density at radius 2 is 2.21 bits per heavy atom. The number of aromatic nitrogens is 4. The number of aryl methyl sites for hydroxylation is 1. The van der Waals surface area contributed by atoms with Crippen LogP contribution in [0.3, 0.4) is 0 Å². The molecule has 8 heteroatoms. The molecule has 1 N–H and O–H groups in total. The maximum atomic E-state index is 10.4. The highest BCUT2D eigenvalue weighted by atomic mass is 35.5. The molecule has 0 aliphatic heterocycles. The Labute approximate surface area is 113 Å². The second kappa shape index (κ2) is 5.23. The van der Waals surface area contributed by atoms with Crippen LogP contribution in [0, 0.1) is 13.8 Å². The Kier molecular flexibility index (Phi) is 3.66. The number of ether oxygens (including phenoxy) is 1. The van der Waals surface area contributed by atoms with Gasteiger partial charge in [0, 0.05) is 17.3 Å². The lowest BCUT2D eigenvalue weighted by molar-refractivity contribution is 0.0851. The Balaban J connectivity index is 2.38. The number of carbonyl (C=O) groups is 1. The van der Waals surface area contributed by atoms with E-state index < -0.39 is 6.16 Å². The maximum absolute atomic E-state index is 10.4. The van der Waals surface area contributed by atoms with Crippen LogP contribution in [0.2, 0.25) is 5.15 Å². The molecule has 0 radical (unpaired) electrons. The standard InChI is InChI=1S/C11H11ClN4O3/c1-6-8(4-19-11(17)18)7(2)16(15-6)10-3-9(12)13-5-14-10/h3,5H,4H2,1-2H3,(H,17,18). The first-order valence-corrected chi connectivity index (χ1v) is 5.75. The molecule has 7 nitrogen and oxygen atoms in total. The Morgan fingerprint density at radius 1 is 1.47 bits per heavy atom. The summed E-state index contributed by atoms with van der Waals surface area (Å²) in [5, 5.41) is 13.1.